The molecule has 0 saturated carbocycles. The highest BCUT2D eigenvalue weighted by atomic mass is 15.5. The largest absolute Gasteiger partial charge is 0.357 e. The Kier molecular flexibility index (Phi) is 4.00. The van der Waals surface area contributed by atoms with Gasteiger partial charge in [-0.1, -0.05) is 24.3 Å². The Labute approximate surface area is 143 Å². The van der Waals surface area contributed by atoms with Gasteiger partial charge in [0, 0.05) is 31.7 Å². The van der Waals surface area contributed by atoms with E-state index >= 15 is 0 Å². The highest BCUT2D eigenvalue weighted by molar-refractivity contribution is 5.96. The maximum absolute atomic E-state index is 8.43. The molecule has 1 fully saturated rings. The van der Waals surface area contributed by atoms with Crippen molar-refractivity contribution in [2.75, 3.05) is 24.5 Å². The lowest BCUT2D eigenvalue weighted by Gasteiger charge is -2.29. The van der Waals surface area contributed by atoms with Gasteiger partial charge in [-0.2, -0.15) is 0 Å². The number of hydrogen-bond donors (Lipinski definition) is 1. The van der Waals surface area contributed by atoms with Crippen LogP contribution in [-0.4, -0.2) is 35.1 Å². The number of nitrogens with zero attached hydrogens (tertiary/aromatic N) is 4. The van der Waals surface area contributed by atoms with Gasteiger partial charge in [0.2, 0.25) is 0 Å². The standard InChI is InChI=1S/C19H26N5/c1-21-12-9-18-23(13-14-24(18)21)15-16-5-7-17(8-6-16)19(20)22-10-3-2-4-11-22/h5-9,12,20H,2-4,10-11,13-15H2,1H3/q+1. The Bertz CT molecular complexity index is 725. The summed E-state index contributed by atoms with van der Waals surface area (Å²) in [4.78, 5) is 4.64. The van der Waals surface area contributed by atoms with Gasteiger partial charge in [-0.25, -0.2) is 0 Å². The highest BCUT2D eigenvalue weighted by Crippen LogP contribution is 2.22. The first kappa shape index (κ1) is 15.2. The normalized spacial score (nSPS) is 17.2. The number of aryl methyl sites for hydroxylation is 1. The Morgan fingerprint density at radius 2 is 1.75 bits per heavy atom. The van der Waals surface area contributed by atoms with Crippen molar-refractivity contribution in [2.45, 2.75) is 32.4 Å². The van der Waals surface area contributed by atoms with E-state index in [1.807, 2.05) is 0 Å². The van der Waals surface area contributed by atoms with Crippen molar-refractivity contribution in [3.05, 3.63) is 47.7 Å². The smallest absolute Gasteiger partial charge is 0.197 e. The van der Waals surface area contributed by atoms with Crippen LogP contribution in [0, 0.1) is 5.41 Å². The van der Waals surface area contributed by atoms with Gasteiger partial charge in [-0.05, 0) is 24.8 Å². The van der Waals surface area contributed by atoms with Gasteiger partial charge in [0.1, 0.15) is 5.84 Å². The number of anilines is 1. The van der Waals surface area contributed by atoms with Crippen molar-refractivity contribution in [1.82, 2.24) is 9.58 Å². The molecule has 1 saturated heterocycles. The van der Waals surface area contributed by atoms with Crippen LogP contribution in [0.3, 0.4) is 0 Å². The third kappa shape index (κ3) is 2.79. The van der Waals surface area contributed by atoms with E-state index in [1.165, 1.54) is 30.6 Å². The Morgan fingerprint density at radius 1 is 1.00 bits per heavy atom. The molecule has 2 aliphatic rings. The molecule has 0 atom stereocenters. The molecule has 5 nitrogen and oxygen atoms in total. The predicted octanol–water partition coefficient (Wildman–Crippen LogP) is 2.14. The first-order chi connectivity index (χ1) is 11.7. The molecule has 126 valence electrons. The summed E-state index contributed by atoms with van der Waals surface area (Å²) in [6.07, 6.45) is 5.85. The maximum Gasteiger partial charge on any atom is 0.197 e. The van der Waals surface area contributed by atoms with Crippen LogP contribution in [0.4, 0.5) is 5.82 Å². The number of aromatic nitrogens is 2. The topological polar surface area (TPSA) is 39.1 Å². The van der Waals surface area contributed by atoms with E-state index < -0.39 is 0 Å². The molecule has 0 unspecified atom stereocenters. The third-order valence-corrected chi connectivity index (χ3v) is 5.26. The van der Waals surface area contributed by atoms with E-state index in [0.717, 1.165) is 38.3 Å². The van der Waals surface area contributed by atoms with Gasteiger partial charge < -0.3 is 9.80 Å². The summed E-state index contributed by atoms with van der Waals surface area (Å²) >= 11 is 0. The zero-order chi connectivity index (χ0) is 16.5. The number of fused-ring (bicyclic) bond motifs is 1. The van der Waals surface area contributed by atoms with Crippen molar-refractivity contribution < 1.29 is 4.68 Å². The lowest BCUT2D eigenvalue weighted by Crippen LogP contribution is -2.37. The molecule has 1 N–H and O–H groups in total. The van der Waals surface area contributed by atoms with Crippen LogP contribution in [-0.2, 0) is 20.1 Å². The van der Waals surface area contributed by atoms with E-state index in [4.69, 9.17) is 5.41 Å². The second-order valence-corrected chi connectivity index (χ2v) is 6.89. The number of nitrogens with one attached hydrogen (secondary N) is 1. The zero-order valence-electron chi connectivity index (χ0n) is 14.4. The van der Waals surface area contributed by atoms with Crippen LogP contribution in [0.2, 0.25) is 0 Å². The average Bonchev–Trinajstić information content (AvgIpc) is 3.19. The second kappa shape index (κ2) is 6.30. The zero-order valence-corrected chi connectivity index (χ0v) is 14.4. The molecule has 1 aromatic heterocycles. The Hall–Kier alpha value is -2.30. The van der Waals surface area contributed by atoms with Gasteiger partial charge in [0.15, 0.2) is 19.1 Å². The summed E-state index contributed by atoms with van der Waals surface area (Å²) in [7, 11) is 2.09. The summed E-state index contributed by atoms with van der Waals surface area (Å²) in [5, 5.41) is 8.43. The highest BCUT2D eigenvalue weighted by Gasteiger charge is 2.25. The van der Waals surface area contributed by atoms with E-state index in [2.05, 4.69) is 62.7 Å². The average molecular weight is 324 g/mol. The van der Waals surface area contributed by atoms with Crippen molar-refractivity contribution in [3.8, 4) is 0 Å². The van der Waals surface area contributed by atoms with Crippen molar-refractivity contribution in [1.29, 1.82) is 5.41 Å². The van der Waals surface area contributed by atoms with Crippen LogP contribution in [0.25, 0.3) is 0 Å². The van der Waals surface area contributed by atoms with Crippen LogP contribution in [0.1, 0.15) is 30.4 Å². The number of piperidine rings is 1. The number of hydrogen-bond acceptors (Lipinski definition) is 2. The molecule has 2 aromatic rings. The molecule has 0 spiro atoms. The first-order valence-corrected chi connectivity index (χ1v) is 8.95. The van der Waals surface area contributed by atoms with E-state index in [0.29, 0.717) is 5.84 Å². The van der Waals surface area contributed by atoms with Crippen LogP contribution < -0.4 is 9.58 Å². The molecule has 0 amide bonds. The molecule has 0 bridgehead atoms. The lowest BCUT2D eigenvalue weighted by molar-refractivity contribution is -0.751. The monoisotopic (exact) mass is 324 g/mol. The molecule has 5 heteroatoms. The Balaban J connectivity index is 1.43. The summed E-state index contributed by atoms with van der Waals surface area (Å²) in [6.45, 7) is 5.11. The van der Waals surface area contributed by atoms with E-state index in [1.54, 1.807) is 0 Å². The third-order valence-electron chi connectivity index (χ3n) is 5.26. The van der Waals surface area contributed by atoms with E-state index in [-0.39, 0.29) is 0 Å². The van der Waals surface area contributed by atoms with Crippen molar-refractivity contribution in [2.24, 2.45) is 7.05 Å². The van der Waals surface area contributed by atoms with Gasteiger partial charge in [-0.3, -0.25) is 5.41 Å². The minimum Gasteiger partial charge on any atom is -0.357 e. The van der Waals surface area contributed by atoms with Gasteiger partial charge in [0.25, 0.3) is 0 Å². The molecular formula is C19H26N5+. The summed E-state index contributed by atoms with van der Waals surface area (Å²) < 4.78 is 4.46. The minimum absolute atomic E-state index is 0.684. The molecule has 1 aromatic carbocycles. The van der Waals surface area contributed by atoms with E-state index in [9.17, 15) is 0 Å². The summed E-state index contributed by atoms with van der Waals surface area (Å²) in [5.74, 6) is 1.98. The van der Waals surface area contributed by atoms with Gasteiger partial charge in [-0.15, -0.1) is 9.36 Å². The van der Waals surface area contributed by atoms with Crippen molar-refractivity contribution >= 4 is 11.7 Å². The number of amidine groups is 1. The van der Waals surface area contributed by atoms with Crippen molar-refractivity contribution in [3.63, 3.8) is 0 Å². The number of rotatable bonds is 3. The fraction of sp³-hybridized carbons (Fsp3) is 0.474. The summed E-state index contributed by atoms with van der Waals surface area (Å²) in [5.41, 5.74) is 2.35. The first-order valence-electron chi connectivity index (χ1n) is 8.95. The quantitative estimate of drug-likeness (QED) is 0.534. The van der Waals surface area contributed by atoms with Crippen LogP contribution in [0.5, 0.6) is 0 Å². The van der Waals surface area contributed by atoms with Crippen LogP contribution >= 0.6 is 0 Å². The fourth-order valence-corrected chi connectivity index (χ4v) is 3.82. The predicted molar refractivity (Wildman–Crippen MR) is 95.4 cm³/mol. The molecule has 3 heterocycles. The SMILES string of the molecule is C[n+]1ccc2n1CCN2Cc1ccc(C(=N)N2CCCCC2)cc1. The minimum atomic E-state index is 0.684. The van der Waals surface area contributed by atoms with Gasteiger partial charge >= 0.3 is 0 Å². The summed E-state index contributed by atoms with van der Waals surface area (Å²) in [6, 6.07) is 10.8. The number of benzene rings is 1. The Morgan fingerprint density at radius 3 is 2.50 bits per heavy atom. The molecule has 24 heavy (non-hydrogen) atoms. The molecule has 0 aliphatic carbocycles. The number of likely N-dealkylation sites (tertiary alicyclic amines) is 1. The lowest BCUT2D eigenvalue weighted by atomic mass is 10.1. The van der Waals surface area contributed by atoms with Gasteiger partial charge in [0.05, 0.1) is 12.6 Å². The molecule has 2 aliphatic heterocycles. The molecular weight excluding hydrogens is 298 g/mol. The van der Waals surface area contributed by atoms with Crippen LogP contribution in [0.15, 0.2) is 36.5 Å². The fourth-order valence-electron chi connectivity index (χ4n) is 3.82. The molecule has 0 radical (unpaired) electrons. The molecule has 4 rings (SSSR count). The maximum atomic E-state index is 8.43. The second-order valence-electron chi connectivity index (χ2n) is 6.89.